The first-order valence-electron chi connectivity index (χ1n) is 6.25. The van der Waals surface area contributed by atoms with Crippen molar-refractivity contribution in [3.8, 4) is 0 Å². The van der Waals surface area contributed by atoms with Crippen molar-refractivity contribution in [2.45, 2.75) is 32.6 Å². The number of thiophene rings is 1. The van der Waals surface area contributed by atoms with Gasteiger partial charge in [0.2, 0.25) is 0 Å². The molecule has 16 heavy (non-hydrogen) atoms. The average Bonchev–Trinajstić information content (AvgIpc) is 2.72. The van der Waals surface area contributed by atoms with Crippen molar-refractivity contribution in [1.82, 2.24) is 5.32 Å². The van der Waals surface area contributed by atoms with Crippen molar-refractivity contribution in [1.29, 1.82) is 0 Å². The molecule has 0 saturated carbocycles. The van der Waals surface area contributed by atoms with E-state index in [0.29, 0.717) is 0 Å². The first-order valence-corrected chi connectivity index (χ1v) is 7.13. The minimum atomic E-state index is 0.870. The zero-order chi connectivity index (χ0) is 11.2. The maximum atomic E-state index is 3.59. The third kappa shape index (κ3) is 3.46. The summed E-state index contributed by atoms with van der Waals surface area (Å²) in [5, 5.41) is 5.78. The van der Waals surface area contributed by atoms with Crippen LogP contribution >= 0.6 is 11.3 Å². The van der Waals surface area contributed by atoms with E-state index in [2.05, 4.69) is 35.8 Å². The van der Waals surface area contributed by atoms with Gasteiger partial charge in [0.25, 0.3) is 0 Å². The van der Waals surface area contributed by atoms with E-state index < -0.39 is 0 Å². The summed E-state index contributed by atoms with van der Waals surface area (Å²) >= 11 is 1.88. The Kier molecular flexibility index (Phi) is 4.61. The molecule has 0 saturated heterocycles. The molecular formula is C14H21NS. The largest absolute Gasteiger partial charge is 0.316 e. The van der Waals surface area contributed by atoms with Crippen LogP contribution < -0.4 is 5.32 Å². The maximum absolute atomic E-state index is 3.59. The number of rotatable bonds is 5. The maximum Gasteiger partial charge on any atom is 0.00870 e. The van der Waals surface area contributed by atoms with Crippen molar-refractivity contribution in [2.24, 2.45) is 5.92 Å². The van der Waals surface area contributed by atoms with Crippen molar-refractivity contribution in [3.05, 3.63) is 34.0 Å². The highest BCUT2D eigenvalue weighted by Crippen LogP contribution is 2.17. The van der Waals surface area contributed by atoms with Gasteiger partial charge in [-0.15, -0.1) is 11.3 Å². The van der Waals surface area contributed by atoms with Crippen molar-refractivity contribution in [2.75, 3.05) is 13.1 Å². The number of aryl methyl sites for hydroxylation is 1. The first kappa shape index (κ1) is 11.9. The Balaban J connectivity index is 1.62. The Morgan fingerprint density at radius 2 is 2.38 bits per heavy atom. The Morgan fingerprint density at radius 1 is 1.44 bits per heavy atom. The molecule has 1 N–H and O–H groups in total. The second kappa shape index (κ2) is 6.21. The molecule has 0 aromatic carbocycles. The quantitative estimate of drug-likeness (QED) is 0.608. The standard InChI is InChI=1S/C14H21NS/c1-12-8-10-16-14(12)7-9-15-11-13-5-3-2-4-6-13/h2-3,8,10,13,15H,4-7,9,11H2,1H3. The first-order chi connectivity index (χ1) is 7.86. The van der Waals surface area contributed by atoms with E-state index >= 15 is 0 Å². The molecule has 88 valence electrons. The van der Waals surface area contributed by atoms with Gasteiger partial charge >= 0.3 is 0 Å². The Bertz CT molecular complexity index is 340. The molecule has 2 rings (SSSR count). The summed E-state index contributed by atoms with van der Waals surface area (Å²) < 4.78 is 0. The Morgan fingerprint density at radius 3 is 3.06 bits per heavy atom. The van der Waals surface area contributed by atoms with E-state index in [1.165, 1.54) is 42.7 Å². The fourth-order valence-electron chi connectivity index (χ4n) is 2.21. The Labute approximate surface area is 103 Å². The monoisotopic (exact) mass is 235 g/mol. The summed E-state index contributed by atoms with van der Waals surface area (Å²) in [4.78, 5) is 1.54. The highest BCUT2D eigenvalue weighted by atomic mass is 32.1. The summed E-state index contributed by atoms with van der Waals surface area (Å²) in [7, 11) is 0. The third-order valence-electron chi connectivity index (χ3n) is 3.31. The molecule has 1 nitrogen and oxygen atoms in total. The zero-order valence-electron chi connectivity index (χ0n) is 10.0. The van der Waals surface area contributed by atoms with Gasteiger partial charge in [-0.1, -0.05) is 12.2 Å². The van der Waals surface area contributed by atoms with Gasteiger partial charge < -0.3 is 5.32 Å². The van der Waals surface area contributed by atoms with Crippen molar-refractivity contribution >= 4 is 11.3 Å². The summed E-state index contributed by atoms with van der Waals surface area (Å²) in [5.74, 6) is 0.870. The third-order valence-corrected chi connectivity index (χ3v) is 4.39. The second-order valence-corrected chi connectivity index (χ2v) is 5.63. The molecule has 2 heteroatoms. The van der Waals surface area contributed by atoms with E-state index in [-0.39, 0.29) is 0 Å². The molecule has 1 aliphatic rings. The zero-order valence-corrected chi connectivity index (χ0v) is 10.9. The molecule has 0 aliphatic heterocycles. The smallest absolute Gasteiger partial charge is 0.00870 e. The topological polar surface area (TPSA) is 12.0 Å². The van der Waals surface area contributed by atoms with Crippen molar-refractivity contribution < 1.29 is 0 Å². The van der Waals surface area contributed by atoms with Gasteiger partial charge in [0, 0.05) is 4.88 Å². The molecule has 1 aromatic heterocycles. The van der Waals surface area contributed by atoms with Gasteiger partial charge in [-0.2, -0.15) is 0 Å². The van der Waals surface area contributed by atoms with E-state index in [4.69, 9.17) is 0 Å². The second-order valence-electron chi connectivity index (χ2n) is 4.63. The molecule has 1 aliphatic carbocycles. The molecule has 0 radical (unpaired) electrons. The molecule has 0 spiro atoms. The average molecular weight is 235 g/mol. The van der Waals surface area contributed by atoms with Crippen LogP contribution in [0.3, 0.4) is 0 Å². The number of hydrogen-bond acceptors (Lipinski definition) is 2. The lowest BCUT2D eigenvalue weighted by Crippen LogP contribution is -2.25. The molecule has 1 heterocycles. The van der Waals surface area contributed by atoms with Crippen LogP contribution in [0.2, 0.25) is 0 Å². The highest BCUT2D eigenvalue weighted by Gasteiger charge is 2.08. The minimum Gasteiger partial charge on any atom is -0.316 e. The van der Waals surface area contributed by atoms with Crippen LogP contribution in [0.4, 0.5) is 0 Å². The van der Waals surface area contributed by atoms with E-state index in [0.717, 1.165) is 12.5 Å². The lowest BCUT2D eigenvalue weighted by molar-refractivity contribution is 0.443. The van der Waals surface area contributed by atoms with Gasteiger partial charge in [0.15, 0.2) is 0 Å². The Hall–Kier alpha value is -0.600. The van der Waals surface area contributed by atoms with Gasteiger partial charge in [-0.3, -0.25) is 0 Å². The van der Waals surface area contributed by atoms with E-state index in [9.17, 15) is 0 Å². The SMILES string of the molecule is Cc1ccsc1CCNCC1CC=CCC1. The number of hydrogen-bond donors (Lipinski definition) is 1. The van der Waals surface area contributed by atoms with E-state index in [1.807, 2.05) is 11.3 Å². The van der Waals surface area contributed by atoms with Gasteiger partial charge in [0.1, 0.15) is 0 Å². The van der Waals surface area contributed by atoms with Crippen molar-refractivity contribution in [3.63, 3.8) is 0 Å². The van der Waals surface area contributed by atoms with Crippen LogP contribution in [-0.2, 0) is 6.42 Å². The van der Waals surface area contributed by atoms with Crippen LogP contribution in [0, 0.1) is 12.8 Å². The van der Waals surface area contributed by atoms with E-state index in [1.54, 1.807) is 0 Å². The molecule has 1 unspecified atom stereocenters. The van der Waals surface area contributed by atoms with Gasteiger partial charge in [-0.25, -0.2) is 0 Å². The summed E-state index contributed by atoms with van der Waals surface area (Å²) in [6.45, 7) is 4.52. The molecule has 1 atom stereocenters. The van der Waals surface area contributed by atoms with Gasteiger partial charge in [0.05, 0.1) is 0 Å². The van der Waals surface area contributed by atoms with Crippen LogP contribution in [0.25, 0.3) is 0 Å². The molecule has 0 amide bonds. The normalized spacial score (nSPS) is 20.2. The predicted octanol–water partition coefficient (Wildman–Crippen LogP) is 3.54. The molecule has 0 fully saturated rings. The van der Waals surface area contributed by atoms with Crippen LogP contribution in [0.5, 0.6) is 0 Å². The van der Waals surface area contributed by atoms with Crippen LogP contribution in [0.15, 0.2) is 23.6 Å². The summed E-state index contributed by atoms with van der Waals surface area (Å²) in [6.07, 6.45) is 9.74. The van der Waals surface area contributed by atoms with Gasteiger partial charge in [-0.05, 0) is 68.6 Å². The fourth-order valence-corrected chi connectivity index (χ4v) is 3.12. The summed E-state index contributed by atoms with van der Waals surface area (Å²) in [5.41, 5.74) is 1.45. The highest BCUT2D eigenvalue weighted by molar-refractivity contribution is 7.10. The fraction of sp³-hybridized carbons (Fsp3) is 0.571. The predicted molar refractivity (Wildman–Crippen MR) is 72.1 cm³/mol. The molecule has 1 aromatic rings. The van der Waals surface area contributed by atoms with Crippen LogP contribution in [0.1, 0.15) is 29.7 Å². The molecule has 0 bridgehead atoms. The number of allylic oxidation sites excluding steroid dienone is 2. The minimum absolute atomic E-state index is 0.870. The number of nitrogens with one attached hydrogen (secondary N) is 1. The summed E-state index contributed by atoms with van der Waals surface area (Å²) in [6, 6.07) is 2.21. The molecular weight excluding hydrogens is 214 g/mol. The lowest BCUT2D eigenvalue weighted by Gasteiger charge is -2.18. The lowest BCUT2D eigenvalue weighted by atomic mass is 9.94. The van der Waals surface area contributed by atoms with Crippen LogP contribution in [-0.4, -0.2) is 13.1 Å².